The van der Waals surface area contributed by atoms with Crippen molar-refractivity contribution in [3.8, 4) is 0 Å². The predicted octanol–water partition coefficient (Wildman–Crippen LogP) is 3.09. The fraction of sp³-hybridized carbons (Fsp3) is 0.368. The molecule has 0 radical (unpaired) electrons. The average molecular weight is 389 g/mol. The van der Waals surface area contributed by atoms with Crippen LogP contribution < -0.4 is 5.32 Å². The number of rotatable bonds is 6. The average Bonchev–Trinajstić information content (AvgIpc) is 3.05. The molecule has 8 heteroatoms. The second-order valence-corrected chi connectivity index (χ2v) is 7.79. The Labute approximate surface area is 162 Å². The van der Waals surface area contributed by atoms with Gasteiger partial charge >= 0.3 is 5.97 Å². The number of anilines is 1. The van der Waals surface area contributed by atoms with Crippen LogP contribution in [0, 0.1) is 0 Å². The number of carbonyl (C=O) groups excluding carboxylic acids is 3. The SMILES string of the molecule is CC(=O)Nc1nc(C(=O)OCC(=O)N(Cc2ccccc2)C(C)(C)C)cs1. The van der Waals surface area contributed by atoms with Crippen LogP contribution in [0.15, 0.2) is 35.7 Å². The molecule has 0 saturated carbocycles. The van der Waals surface area contributed by atoms with Gasteiger partial charge in [-0.05, 0) is 26.3 Å². The van der Waals surface area contributed by atoms with Gasteiger partial charge in [0.05, 0.1) is 0 Å². The summed E-state index contributed by atoms with van der Waals surface area (Å²) in [5.41, 5.74) is 0.618. The molecule has 1 N–H and O–H groups in total. The molecule has 2 aromatic rings. The van der Waals surface area contributed by atoms with Gasteiger partial charge in [0.25, 0.3) is 5.91 Å². The first-order valence-corrected chi connectivity index (χ1v) is 9.29. The lowest BCUT2D eigenvalue weighted by Gasteiger charge is -2.35. The van der Waals surface area contributed by atoms with E-state index in [1.165, 1.54) is 12.3 Å². The van der Waals surface area contributed by atoms with Crippen molar-refractivity contribution in [2.45, 2.75) is 39.8 Å². The summed E-state index contributed by atoms with van der Waals surface area (Å²) in [7, 11) is 0. The molecule has 0 aliphatic heterocycles. The molecule has 7 nitrogen and oxygen atoms in total. The lowest BCUT2D eigenvalue weighted by atomic mass is 10.0. The molecule has 144 valence electrons. The van der Waals surface area contributed by atoms with Crippen molar-refractivity contribution in [1.29, 1.82) is 0 Å². The Kier molecular flexibility index (Phi) is 6.68. The van der Waals surface area contributed by atoms with Gasteiger partial charge in [0, 0.05) is 24.4 Å². The molecule has 0 unspecified atom stereocenters. The number of amides is 2. The molecule has 2 amide bonds. The van der Waals surface area contributed by atoms with Crippen LogP contribution in [-0.4, -0.2) is 39.8 Å². The molecule has 27 heavy (non-hydrogen) atoms. The number of aromatic nitrogens is 1. The number of hydrogen-bond acceptors (Lipinski definition) is 6. The van der Waals surface area contributed by atoms with E-state index in [9.17, 15) is 14.4 Å². The maximum absolute atomic E-state index is 12.7. The number of thiazole rings is 1. The van der Waals surface area contributed by atoms with Gasteiger partial charge in [-0.25, -0.2) is 9.78 Å². The van der Waals surface area contributed by atoms with Gasteiger partial charge in [-0.3, -0.25) is 9.59 Å². The molecule has 0 aliphatic rings. The quantitative estimate of drug-likeness (QED) is 0.767. The van der Waals surface area contributed by atoms with E-state index >= 15 is 0 Å². The van der Waals surface area contributed by atoms with E-state index < -0.39 is 11.5 Å². The first-order valence-electron chi connectivity index (χ1n) is 8.41. The summed E-state index contributed by atoms with van der Waals surface area (Å²) in [5, 5.41) is 4.28. The van der Waals surface area contributed by atoms with E-state index in [0.29, 0.717) is 11.7 Å². The van der Waals surface area contributed by atoms with Crippen LogP contribution in [0.1, 0.15) is 43.7 Å². The second-order valence-electron chi connectivity index (χ2n) is 6.93. The summed E-state index contributed by atoms with van der Waals surface area (Å²) in [6.45, 7) is 7.17. The highest BCUT2D eigenvalue weighted by Gasteiger charge is 2.27. The smallest absolute Gasteiger partial charge is 0.358 e. The van der Waals surface area contributed by atoms with E-state index in [-0.39, 0.29) is 24.1 Å². The molecule has 1 aromatic heterocycles. The second kappa shape index (κ2) is 8.77. The highest BCUT2D eigenvalue weighted by molar-refractivity contribution is 7.14. The van der Waals surface area contributed by atoms with Crippen molar-refractivity contribution in [2.75, 3.05) is 11.9 Å². The number of benzene rings is 1. The molecular weight excluding hydrogens is 366 g/mol. The summed E-state index contributed by atoms with van der Waals surface area (Å²) >= 11 is 1.11. The Hall–Kier alpha value is -2.74. The Morgan fingerprint density at radius 2 is 1.85 bits per heavy atom. The van der Waals surface area contributed by atoms with Crippen LogP contribution in [0.4, 0.5) is 5.13 Å². The van der Waals surface area contributed by atoms with Crippen molar-refractivity contribution < 1.29 is 19.1 Å². The highest BCUT2D eigenvalue weighted by Crippen LogP contribution is 2.19. The van der Waals surface area contributed by atoms with E-state index in [4.69, 9.17) is 4.74 Å². The largest absolute Gasteiger partial charge is 0.451 e. The molecule has 0 spiro atoms. The first-order chi connectivity index (χ1) is 12.7. The maximum Gasteiger partial charge on any atom is 0.358 e. The maximum atomic E-state index is 12.7. The van der Waals surface area contributed by atoms with Gasteiger partial charge in [0.15, 0.2) is 17.4 Å². The molecular formula is C19H23N3O4S. The number of ether oxygens (including phenoxy) is 1. The molecule has 1 aromatic carbocycles. The summed E-state index contributed by atoms with van der Waals surface area (Å²) in [5.74, 6) is -1.28. The monoisotopic (exact) mass is 389 g/mol. The normalized spacial score (nSPS) is 11.0. The molecule has 0 saturated heterocycles. The van der Waals surface area contributed by atoms with E-state index in [1.54, 1.807) is 4.90 Å². The Morgan fingerprint density at radius 3 is 2.44 bits per heavy atom. The zero-order chi connectivity index (χ0) is 20.0. The zero-order valence-corrected chi connectivity index (χ0v) is 16.6. The summed E-state index contributed by atoms with van der Waals surface area (Å²) in [4.78, 5) is 41.4. The highest BCUT2D eigenvalue weighted by atomic mass is 32.1. The lowest BCUT2D eigenvalue weighted by Crippen LogP contribution is -2.46. The number of nitrogens with one attached hydrogen (secondary N) is 1. The van der Waals surface area contributed by atoms with Crippen molar-refractivity contribution >= 4 is 34.3 Å². The van der Waals surface area contributed by atoms with Gasteiger partial charge < -0.3 is 15.0 Å². The molecule has 1 heterocycles. The first kappa shape index (κ1) is 20.6. The van der Waals surface area contributed by atoms with Crippen molar-refractivity contribution in [3.05, 3.63) is 47.0 Å². The van der Waals surface area contributed by atoms with Crippen LogP contribution >= 0.6 is 11.3 Å². The van der Waals surface area contributed by atoms with Gasteiger partial charge in [0.1, 0.15) is 0 Å². The van der Waals surface area contributed by atoms with E-state index in [1.807, 2.05) is 51.1 Å². The third kappa shape index (κ3) is 6.18. The van der Waals surface area contributed by atoms with Crippen molar-refractivity contribution in [3.63, 3.8) is 0 Å². The summed E-state index contributed by atoms with van der Waals surface area (Å²) in [6, 6.07) is 9.62. The topological polar surface area (TPSA) is 88.6 Å². The number of hydrogen-bond donors (Lipinski definition) is 1. The van der Waals surface area contributed by atoms with E-state index in [2.05, 4.69) is 10.3 Å². The van der Waals surface area contributed by atoms with Crippen LogP contribution in [0.5, 0.6) is 0 Å². The number of esters is 1. The minimum Gasteiger partial charge on any atom is -0.451 e. The number of nitrogens with zero attached hydrogens (tertiary/aromatic N) is 2. The standard InChI is InChI=1S/C19H23N3O4S/c1-13(23)20-18-21-15(12-27-18)17(25)26-11-16(24)22(19(2,3)4)10-14-8-6-5-7-9-14/h5-9,12H,10-11H2,1-4H3,(H,20,21,23). The van der Waals surface area contributed by atoms with Crippen LogP contribution in [0.3, 0.4) is 0 Å². The lowest BCUT2D eigenvalue weighted by molar-refractivity contribution is -0.140. The number of carbonyl (C=O) groups is 3. The van der Waals surface area contributed by atoms with Gasteiger partial charge in [0.2, 0.25) is 5.91 Å². The van der Waals surface area contributed by atoms with Crippen LogP contribution in [0.2, 0.25) is 0 Å². The molecule has 0 bridgehead atoms. The third-order valence-corrected chi connectivity index (χ3v) is 4.38. The van der Waals surface area contributed by atoms with Gasteiger partial charge in [-0.15, -0.1) is 11.3 Å². The minimum atomic E-state index is -0.704. The Balaban J connectivity index is 1.99. The third-order valence-electron chi connectivity index (χ3n) is 3.62. The fourth-order valence-electron chi connectivity index (χ4n) is 2.32. The van der Waals surface area contributed by atoms with Gasteiger partial charge in [-0.1, -0.05) is 30.3 Å². The molecule has 2 rings (SSSR count). The van der Waals surface area contributed by atoms with Crippen molar-refractivity contribution in [2.24, 2.45) is 0 Å². The molecule has 0 aliphatic carbocycles. The van der Waals surface area contributed by atoms with Crippen LogP contribution in [-0.2, 0) is 20.9 Å². The van der Waals surface area contributed by atoms with Crippen molar-refractivity contribution in [1.82, 2.24) is 9.88 Å². The Morgan fingerprint density at radius 1 is 1.19 bits per heavy atom. The zero-order valence-electron chi connectivity index (χ0n) is 15.8. The molecule has 0 atom stereocenters. The van der Waals surface area contributed by atoms with Crippen LogP contribution in [0.25, 0.3) is 0 Å². The van der Waals surface area contributed by atoms with E-state index in [0.717, 1.165) is 16.9 Å². The predicted molar refractivity (Wildman–Crippen MR) is 103 cm³/mol. The van der Waals surface area contributed by atoms with Gasteiger partial charge in [-0.2, -0.15) is 0 Å². The summed E-state index contributed by atoms with van der Waals surface area (Å²) in [6.07, 6.45) is 0. The Bertz CT molecular complexity index is 812. The minimum absolute atomic E-state index is 0.0573. The summed E-state index contributed by atoms with van der Waals surface area (Å²) < 4.78 is 5.12. The fourth-order valence-corrected chi connectivity index (χ4v) is 3.05. The molecule has 0 fully saturated rings.